The van der Waals surface area contributed by atoms with Crippen LogP contribution in [0.4, 0.5) is 0 Å². The number of amides is 5. The molecule has 2 spiro atoms. The molecular formula is C40H50ClN5O8. The molecule has 8 rings (SSSR count). The first-order valence-electron chi connectivity index (χ1n) is 19.3. The molecule has 4 aliphatic heterocycles. The Morgan fingerprint density at radius 1 is 0.796 bits per heavy atom. The summed E-state index contributed by atoms with van der Waals surface area (Å²) in [4.78, 5) is 96.3. The monoisotopic (exact) mass is 763 g/mol. The summed E-state index contributed by atoms with van der Waals surface area (Å²) in [7, 11) is 0. The van der Waals surface area contributed by atoms with Gasteiger partial charge < -0.3 is 11.1 Å². The van der Waals surface area contributed by atoms with Gasteiger partial charge in [0.25, 0.3) is 11.8 Å². The predicted molar refractivity (Wildman–Crippen MR) is 198 cm³/mol. The summed E-state index contributed by atoms with van der Waals surface area (Å²) in [5.41, 5.74) is 7.31. The molecule has 6 fully saturated rings. The lowest BCUT2D eigenvalue weighted by molar-refractivity contribution is -0.150. The number of rotatable bonds is 3. The average Bonchev–Trinajstić information content (AvgIpc) is 3.66. The third-order valence-electron chi connectivity index (χ3n) is 12.2. The highest BCUT2D eigenvalue weighted by atomic mass is 35.5. The van der Waals surface area contributed by atoms with Gasteiger partial charge in [0.1, 0.15) is 11.1 Å². The van der Waals surface area contributed by atoms with Gasteiger partial charge in [0.15, 0.2) is 11.6 Å². The van der Waals surface area contributed by atoms with Crippen LogP contribution in [-0.2, 0) is 38.4 Å². The number of carbonyl (C=O) groups excluding carboxylic acids is 8. The van der Waals surface area contributed by atoms with E-state index in [4.69, 9.17) is 17.3 Å². The summed E-state index contributed by atoms with van der Waals surface area (Å²) in [6.07, 6.45) is 17.8. The largest absolute Gasteiger partial charge is 0.371 e. The van der Waals surface area contributed by atoms with Crippen LogP contribution in [0, 0.1) is 17.8 Å². The normalized spacial score (nSPS) is 33.0. The molecule has 0 aromatic heterocycles. The summed E-state index contributed by atoms with van der Waals surface area (Å²) < 4.78 is 0. The molecule has 5 amide bonds. The van der Waals surface area contributed by atoms with Crippen molar-refractivity contribution in [2.45, 2.75) is 133 Å². The number of nitrogens with zero attached hydrogens (tertiary/aromatic N) is 1. The van der Waals surface area contributed by atoms with Crippen LogP contribution in [-0.4, -0.2) is 68.4 Å². The zero-order chi connectivity index (χ0) is 38.8. The number of imide groups is 2. The molecule has 4 heterocycles. The first-order chi connectivity index (χ1) is 25.7. The Balaban J connectivity index is 0.000000156. The summed E-state index contributed by atoms with van der Waals surface area (Å²) >= 11 is 5.37. The number of piperidine rings is 2. The number of likely N-dealkylation sites (tertiary alicyclic amines) is 1. The standard InChI is InChI=1S/C20H25N3O4.C12H12N2O3.C8H13ClO/c21-14-3-1-12(2-4-14)9-18(26)23-16-6-5-15(24)10-13(16)11-20(23)8-7-17(25)22-19(20)27;15-8-1-2-9-7(5-8)6-12(14-9)4-3-10(16)13-11(12)17;1-6-2-4-7(5-3-6)8(9)10/h6,10,12,14H,1-5,7-9,11,21H2,(H,22,25,27);2,5,14H,1,3-4,6H2,(H,13,16,17);6-7H,2-5H2,1H3. The van der Waals surface area contributed by atoms with E-state index in [2.05, 4.69) is 22.9 Å². The summed E-state index contributed by atoms with van der Waals surface area (Å²) in [6, 6.07) is 0.214. The van der Waals surface area contributed by atoms with Crippen molar-refractivity contribution in [3.05, 3.63) is 46.8 Å². The van der Waals surface area contributed by atoms with Gasteiger partial charge in [0.05, 0.1) is 0 Å². The van der Waals surface area contributed by atoms with Crippen molar-refractivity contribution in [2.75, 3.05) is 0 Å². The number of carbonyl (C=O) groups is 8. The molecule has 5 N–H and O–H groups in total. The number of hydrogen-bond donors (Lipinski definition) is 4. The fraction of sp³-hybridized carbons (Fsp3) is 0.600. The summed E-state index contributed by atoms with van der Waals surface area (Å²) in [6.45, 7) is 2.23. The van der Waals surface area contributed by atoms with Gasteiger partial charge in [-0.25, -0.2) is 0 Å². The van der Waals surface area contributed by atoms with Crippen molar-refractivity contribution < 1.29 is 38.4 Å². The van der Waals surface area contributed by atoms with Gasteiger partial charge in [0.2, 0.25) is 23.0 Å². The number of halogens is 1. The quantitative estimate of drug-likeness (QED) is 0.243. The average molecular weight is 764 g/mol. The highest BCUT2D eigenvalue weighted by Gasteiger charge is 2.56. The van der Waals surface area contributed by atoms with Crippen LogP contribution in [0.5, 0.6) is 0 Å². The molecule has 8 aliphatic rings. The van der Waals surface area contributed by atoms with Crippen LogP contribution in [0.2, 0.25) is 0 Å². The smallest absolute Gasteiger partial charge is 0.253 e. The van der Waals surface area contributed by atoms with Crippen molar-refractivity contribution in [3.8, 4) is 0 Å². The fourth-order valence-electron chi connectivity index (χ4n) is 8.98. The third kappa shape index (κ3) is 8.52. The van der Waals surface area contributed by atoms with Gasteiger partial charge in [0, 0.05) is 68.3 Å². The minimum atomic E-state index is -1.08. The Morgan fingerprint density at radius 2 is 1.41 bits per heavy atom. The van der Waals surface area contributed by atoms with Crippen molar-refractivity contribution in [3.63, 3.8) is 0 Å². The van der Waals surface area contributed by atoms with E-state index >= 15 is 0 Å². The molecule has 0 radical (unpaired) electrons. The highest BCUT2D eigenvalue weighted by Crippen LogP contribution is 2.47. The summed E-state index contributed by atoms with van der Waals surface area (Å²) in [5, 5.41) is 7.80. The third-order valence-corrected chi connectivity index (χ3v) is 12.5. The van der Waals surface area contributed by atoms with E-state index in [-0.39, 0.29) is 71.2 Å². The zero-order valence-electron chi connectivity index (χ0n) is 30.8. The maximum Gasteiger partial charge on any atom is 0.253 e. The van der Waals surface area contributed by atoms with Crippen LogP contribution in [0.15, 0.2) is 46.8 Å². The van der Waals surface area contributed by atoms with Gasteiger partial charge in [-0.1, -0.05) is 19.1 Å². The molecule has 2 atom stereocenters. The lowest BCUT2D eigenvalue weighted by Crippen LogP contribution is -2.61. The lowest BCUT2D eigenvalue weighted by atomic mass is 9.82. The molecule has 0 aromatic carbocycles. The molecule has 14 heteroatoms. The lowest BCUT2D eigenvalue weighted by Gasteiger charge is -2.40. The Labute approximate surface area is 320 Å². The molecule has 290 valence electrons. The number of allylic oxidation sites excluding steroid dienone is 6. The van der Waals surface area contributed by atoms with E-state index in [1.54, 1.807) is 23.1 Å². The Hall–Kier alpha value is -4.23. The molecular weight excluding hydrogens is 714 g/mol. The number of nitrogens with two attached hydrogens (primary N) is 1. The van der Waals surface area contributed by atoms with E-state index in [0.717, 1.165) is 61.3 Å². The second-order valence-electron chi connectivity index (χ2n) is 16.2. The van der Waals surface area contributed by atoms with Gasteiger partial charge in [-0.2, -0.15) is 0 Å². The Kier molecular flexibility index (Phi) is 11.9. The first kappa shape index (κ1) is 39.5. The molecule has 4 aliphatic carbocycles. The highest BCUT2D eigenvalue weighted by molar-refractivity contribution is 6.64. The maximum atomic E-state index is 13.3. The van der Waals surface area contributed by atoms with Crippen LogP contribution >= 0.6 is 11.6 Å². The molecule has 0 bridgehead atoms. The molecule has 2 unspecified atom stereocenters. The molecule has 13 nitrogen and oxygen atoms in total. The maximum absolute atomic E-state index is 13.3. The Bertz CT molecular complexity index is 1770. The van der Waals surface area contributed by atoms with E-state index in [9.17, 15) is 38.4 Å². The molecule has 2 saturated carbocycles. The topological polar surface area (TPSA) is 202 Å². The van der Waals surface area contributed by atoms with Gasteiger partial charge in [-0.3, -0.25) is 53.9 Å². The minimum absolute atomic E-state index is 0.0215. The van der Waals surface area contributed by atoms with Crippen LogP contribution in [0.1, 0.15) is 116 Å². The van der Waals surface area contributed by atoms with E-state index in [1.165, 1.54) is 12.8 Å². The first-order valence-corrected chi connectivity index (χ1v) is 19.7. The number of hydrogen-bond acceptors (Lipinski definition) is 10. The fourth-order valence-corrected chi connectivity index (χ4v) is 9.19. The number of nitrogens with one attached hydrogen (secondary N) is 3. The van der Waals surface area contributed by atoms with E-state index in [0.29, 0.717) is 50.6 Å². The number of fused-ring (bicyclic) bond motifs is 2. The second kappa shape index (κ2) is 16.2. The van der Waals surface area contributed by atoms with Crippen LogP contribution in [0.25, 0.3) is 0 Å². The SMILES string of the molecule is CC1CCC(C(=O)Cl)CC1.NC1CCC(CC(=O)N2C3=CCC(=O)C=C3CC23CCC(=O)NC3=O)CC1.O=C1C=C2CC3(CCC(=O)NC3=O)NC2=CC1. The van der Waals surface area contributed by atoms with E-state index < -0.39 is 17.0 Å². The van der Waals surface area contributed by atoms with E-state index in [1.807, 2.05) is 6.08 Å². The van der Waals surface area contributed by atoms with Crippen molar-refractivity contribution in [2.24, 2.45) is 23.5 Å². The van der Waals surface area contributed by atoms with Gasteiger partial charge >= 0.3 is 0 Å². The van der Waals surface area contributed by atoms with Gasteiger partial charge in [-0.15, -0.1) is 0 Å². The number of ketones is 2. The van der Waals surface area contributed by atoms with Crippen LogP contribution in [0.3, 0.4) is 0 Å². The van der Waals surface area contributed by atoms with Crippen molar-refractivity contribution >= 4 is 57.9 Å². The van der Waals surface area contributed by atoms with Crippen LogP contribution < -0.4 is 21.7 Å². The molecule has 4 saturated heterocycles. The summed E-state index contributed by atoms with van der Waals surface area (Å²) in [5.74, 6) is -0.0689. The molecule has 0 aromatic rings. The molecule has 54 heavy (non-hydrogen) atoms. The zero-order valence-corrected chi connectivity index (χ0v) is 31.6. The minimum Gasteiger partial charge on any atom is -0.371 e. The second-order valence-corrected chi connectivity index (χ2v) is 16.6. The van der Waals surface area contributed by atoms with Crippen molar-refractivity contribution in [1.29, 1.82) is 0 Å². The van der Waals surface area contributed by atoms with Gasteiger partial charge in [-0.05, 0) is 111 Å². The predicted octanol–water partition coefficient (Wildman–Crippen LogP) is 3.60. The Morgan fingerprint density at radius 3 is 2.04 bits per heavy atom. The van der Waals surface area contributed by atoms with Crippen molar-refractivity contribution in [1.82, 2.24) is 20.9 Å².